The maximum atomic E-state index is 13.9. The molecule has 0 N–H and O–H groups in total. The molecule has 4 rings (SSSR count). The molecule has 6 nitrogen and oxygen atoms in total. The van der Waals surface area contributed by atoms with E-state index in [1.807, 2.05) is 6.07 Å². The van der Waals surface area contributed by atoms with Crippen LogP contribution >= 0.6 is 23.4 Å². The van der Waals surface area contributed by atoms with Gasteiger partial charge in [0.2, 0.25) is 5.82 Å². The van der Waals surface area contributed by atoms with E-state index in [1.165, 1.54) is 38.1 Å². The van der Waals surface area contributed by atoms with Crippen LogP contribution in [0.2, 0.25) is 5.02 Å². The lowest BCUT2D eigenvalue weighted by Gasteiger charge is -2.23. The average molecular weight is 495 g/mol. The van der Waals surface area contributed by atoms with Crippen LogP contribution in [0.1, 0.15) is 46.1 Å². The summed E-state index contributed by atoms with van der Waals surface area (Å²) in [7, 11) is 3.02. The molecule has 11 heteroatoms. The quantitative estimate of drug-likeness (QED) is 0.424. The van der Waals surface area contributed by atoms with Gasteiger partial charge in [-0.05, 0) is 36.2 Å². The first-order chi connectivity index (χ1) is 15.8. The topological polar surface area (TPSA) is 73.0 Å². The highest BCUT2D eigenvalue weighted by Gasteiger charge is 2.43. The zero-order valence-corrected chi connectivity index (χ0v) is 19.1. The Bertz CT molecular complexity index is 1230. The number of benzene rings is 2. The highest BCUT2D eigenvalue weighted by Crippen LogP contribution is 2.54. The number of nitrogens with zero attached hydrogens (tertiary/aromatic N) is 4. The van der Waals surface area contributed by atoms with Crippen molar-refractivity contribution in [3.8, 4) is 23.3 Å². The highest BCUT2D eigenvalue weighted by molar-refractivity contribution is 8.00. The second-order valence-electron chi connectivity index (χ2n) is 7.20. The van der Waals surface area contributed by atoms with Crippen LogP contribution < -0.4 is 9.47 Å². The lowest BCUT2D eigenvalue weighted by molar-refractivity contribution is -0.146. The molecular weight excluding hydrogens is 477 g/mol. The fraction of sp³-hybridized carbons (Fsp3) is 0.318. The van der Waals surface area contributed by atoms with Crippen molar-refractivity contribution in [3.05, 3.63) is 64.2 Å². The Hall–Kier alpha value is -2.90. The molecule has 0 amide bonds. The number of hydrogen-bond donors (Lipinski definition) is 0. The molecule has 2 aromatic carbocycles. The maximum absolute atomic E-state index is 13.9. The third-order valence-corrected chi connectivity index (χ3v) is 7.07. The molecule has 172 valence electrons. The van der Waals surface area contributed by atoms with Crippen molar-refractivity contribution in [3.63, 3.8) is 0 Å². The van der Waals surface area contributed by atoms with Crippen molar-refractivity contribution in [2.45, 2.75) is 29.5 Å². The van der Waals surface area contributed by atoms with E-state index in [0.717, 1.165) is 4.57 Å². The molecule has 0 bridgehead atoms. The standard InChI is InChI=1S/C22H18ClF3N4O2S/c1-31-16-6-3-5-13(18(16)32-2)19-14-11-12(23)8-9-15(14)30-20(17(33-19)7-4-10-27)28-29-21(30)22(24,25)26/h3,5-6,8-9,11,17,19H,4,7H2,1-2H3/t17-,19-/m0/s1. The summed E-state index contributed by atoms with van der Waals surface area (Å²) in [5, 5.41) is 15.9. The summed E-state index contributed by atoms with van der Waals surface area (Å²) < 4.78 is 53.7. The molecule has 1 aromatic heterocycles. The van der Waals surface area contributed by atoms with E-state index in [-0.39, 0.29) is 17.9 Å². The number of para-hydroxylation sites is 1. The van der Waals surface area contributed by atoms with Gasteiger partial charge in [-0.1, -0.05) is 23.7 Å². The van der Waals surface area contributed by atoms with Crippen LogP contribution in [-0.2, 0) is 6.18 Å². The molecule has 3 aromatic rings. The second kappa shape index (κ2) is 9.15. The van der Waals surface area contributed by atoms with Crippen LogP contribution in [0.4, 0.5) is 13.2 Å². The first-order valence-corrected chi connectivity index (χ1v) is 11.2. The number of ether oxygens (including phenoxy) is 2. The van der Waals surface area contributed by atoms with Crippen LogP contribution in [0, 0.1) is 11.3 Å². The third kappa shape index (κ3) is 4.23. The van der Waals surface area contributed by atoms with E-state index in [4.69, 9.17) is 26.3 Å². The summed E-state index contributed by atoms with van der Waals surface area (Å²) in [5.41, 5.74) is 1.53. The minimum Gasteiger partial charge on any atom is -0.493 e. The summed E-state index contributed by atoms with van der Waals surface area (Å²) in [4.78, 5) is 0. The zero-order valence-electron chi connectivity index (χ0n) is 17.6. The molecule has 1 aliphatic rings. The smallest absolute Gasteiger partial charge is 0.452 e. The van der Waals surface area contributed by atoms with E-state index in [2.05, 4.69) is 16.3 Å². The highest BCUT2D eigenvalue weighted by atomic mass is 35.5. The molecule has 0 saturated heterocycles. The number of rotatable bonds is 5. The second-order valence-corrected chi connectivity index (χ2v) is 8.95. The van der Waals surface area contributed by atoms with Gasteiger partial charge in [0.05, 0.1) is 36.5 Å². The summed E-state index contributed by atoms with van der Waals surface area (Å²) >= 11 is 7.67. The van der Waals surface area contributed by atoms with Crippen molar-refractivity contribution in [1.82, 2.24) is 14.8 Å². The molecular formula is C22H18ClF3N4O2S. The lowest BCUT2D eigenvalue weighted by atomic mass is 10.0. The summed E-state index contributed by atoms with van der Waals surface area (Å²) in [5.74, 6) is -0.0269. The first-order valence-electron chi connectivity index (χ1n) is 9.85. The fourth-order valence-corrected chi connectivity index (χ4v) is 5.62. The van der Waals surface area contributed by atoms with Crippen LogP contribution in [-0.4, -0.2) is 29.0 Å². The molecule has 0 fully saturated rings. The van der Waals surface area contributed by atoms with Crippen LogP contribution in [0.15, 0.2) is 36.4 Å². The van der Waals surface area contributed by atoms with Gasteiger partial charge >= 0.3 is 6.18 Å². The van der Waals surface area contributed by atoms with Gasteiger partial charge in [0, 0.05) is 17.0 Å². The molecule has 2 heterocycles. The molecule has 2 atom stereocenters. The van der Waals surface area contributed by atoms with Gasteiger partial charge in [-0.2, -0.15) is 18.4 Å². The predicted octanol–water partition coefficient (Wildman–Crippen LogP) is 6.14. The van der Waals surface area contributed by atoms with E-state index < -0.39 is 22.5 Å². The Morgan fingerprint density at radius 1 is 1.15 bits per heavy atom. The van der Waals surface area contributed by atoms with Crippen molar-refractivity contribution < 1.29 is 22.6 Å². The normalized spacial score (nSPS) is 17.5. The van der Waals surface area contributed by atoms with Crippen LogP contribution in [0.25, 0.3) is 5.69 Å². The van der Waals surface area contributed by atoms with E-state index in [9.17, 15) is 13.2 Å². The number of methoxy groups -OCH3 is 2. The molecule has 0 unspecified atom stereocenters. The predicted molar refractivity (Wildman–Crippen MR) is 118 cm³/mol. The van der Waals surface area contributed by atoms with Crippen molar-refractivity contribution in [2.24, 2.45) is 0 Å². The monoisotopic (exact) mass is 494 g/mol. The van der Waals surface area contributed by atoms with Gasteiger partial charge in [-0.3, -0.25) is 4.57 Å². The van der Waals surface area contributed by atoms with Gasteiger partial charge in [-0.25, -0.2) is 0 Å². The van der Waals surface area contributed by atoms with E-state index in [0.29, 0.717) is 34.1 Å². The Balaban J connectivity index is 2.02. The first kappa shape index (κ1) is 23.3. The number of alkyl halides is 3. The Morgan fingerprint density at radius 3 is 2.61 bits per heavy atom. The minimum atomic E-state index is -4.72. The Kier molecular flexibility index (Phi) is 6.45. The van der Waals surface area contributed by atoms with Gasteiger partial charge in [0.25, 0.3) is 0 Å². The van der Waals surface area contributed by atoms with Crippen LogP contribution in [0.3, 0.4) is 0 Å². The van der Waals surface area contributed by atoms with E-state index in [1.54, 1.807) is 18.2 Å². The van der Waals surface area contributed by atoms with E-state index >= 15 is 0 Å². The molecule has 0 spiro atoms. The lowest BCUT2D eigenvalue weighted by Crippen LogP contribution is -2.16. The Morgan fingerprint density at radius 2 is 1.94 bits per heavy atom. The van der Waals surface area contributed by atoms with Gasteiger partial charge in [-0.15, -0.1) is 22.0 Å². The number of halogens is 4. The molecule has 0 radical (unpaired) electrons. The van der Waals surface area contributed by atoms with Gasteiger partial charge in [0.1, 0.15) is 0 Å². The maximum Gasteiger partial charge on any atom is 0.452 e. The van der Waals surface area contributed by atoms with Crippen molar-refractivity contribution in [1.29, 1.82) is 5.26 Å². The molecule has 0 saturated carbocycles. The number of aromatic nitrogens is 3. The van der Waals surface area contributed by atoms with Gasteiger partial charge in [0.15, 0.2) is 17.3 Å². The number of hydrogen-bond acceptors (Lipinski definition) is 6. The van der Waals surface area contributed by atoms with Crippen molar-refractivity contribution in [2.75, 3.05) is 14.2 Å². The zero-order chi connectivity index (χ0) is 23.8. The van der Waals surface area contributed by atoms with Crippen LogP contribution in [0.5, 0.6) is 11.5 Å². The fourth-order valence-electron chi connectivity index (χ4n) is 3.92. The Labute approximate surface area is 197 Å². The number of nitriles is 1. The van der Waals surface area contributed by atoms with Gasteiger partial charge < -0.3 is 9.47 Å². The summed E-state index contributed by atoms with van der Waals surface area (Å²) in [6.07, 6.45) is -4.29. The van der Waals surface area contributed by atoms with Crippen molar-refractivity contribution >= 4 is 23.4 Å². The summed E-state index contributed by atoms with van der Waals surface area (Å²) in [6.45, 7) is 0. The molecule has 33 heavy (non-hydrogen) atoms. The number of thioether (sulfide) groups is 1. The minimum absolute atomic E-state index is 0.135. The largest absolute Gasteiger partial charge is 0.493 e. The molecule has 0 aliphatic carbocycles. The average Bonchev–Trinajstić information content (AvgIpc) is 3.19. The SMILES string of the molecule is COc1cccc([C@@H]2S[C@@H](CCC#N)c3nnc(C(F)(F)F)n3-c3ccc(Cl)cc32)c1OC. The third-order valence-electron chi connectivity index (χ3n) is 5.28. The summed E-state index contributed by atoms with van der Waals surface area (Å²) in [6, 6.07) is 12.1. The molecule has 1 aliphatic heterocycles. The number of fused-ring (bicyclic) bond motifs is 3.